The molecule has 0 fully saturated rings. The van der Waals surface area contributed by atoms with Crippen molar-refractivity contribution in [2.45, 2.75) is 18.9 Å². The molecule has 1 rings (SSSR count). The van der Waals surface area contributed by atoms with E-state index in [2.05, 4.69) is 31.0 Å². The third-order valence-corrected chi connectivity index (χ3v) is 2.93. The summed E-state index contributed by atoms with van der Waals surface area (Å²) in [6.07, 6.45) is 1.18. The molecule has 0 unspecified atom stereocenters. The molecule has 0 saturated heterocycles. The highest BCUT2D eigenvalue weighted by atomic mass is 79.9. The van der Waals surface area contributed by atoms with Gasteiger partial charge in [0.1, 0.15) is 10.6 Å². The van der Waals surface area contributed by atoms with Gasteiger partial charge in [-0.2, -0.15) is 0 Å². The van der Waals surface area contributed by atoms with E-state index in [4.69, 9.17) is 5.11 Å². The average Bonchev–Trinajstić information content (AvgIpc) is 2.43. The first kappa shape index (κ1) is 16.1. The van der Waals surface area contributed by atoms with E-state index in [-0.39, 0.29) is 18.4 Å². The normalized spacial score (nSPS) is 11.5. The van der Waals surface area contributed by atoms with E-state index in [1.807, 2.05) is 0 Å². The molecular formula is C12H13BrN2O5. The van der Waals surface area contributed by atoms with E-state index in [0.717, 1.165) is 0 Å². The zero-order valence-corrected chi connectivity index (χ0v) is 12.2. The summed E-state index contributed by atoms with van der Waals surface area (Å²) in [6, 6.07) is 1.91. The van der Waals surface area contributed by atoms with Crippen molar-refractivity contribution in [1.82, 2.24) is 10.3 Å². The third-order valence-electron chi connectivity index (χ3n) is 2.46. The van der Waals surface area contributed by atoms with Gasteiger partial charge < -0.3 is 15.2 Å². The van der Waals surface area contributed by atoms with Gasteiger partial charge in [0.2, 0.25) is 0 Å². The number of halogens is 1. The Morgan fingerprint density at radius 2 is 2.15 bits per heavy atom. The molecule has 1 aromatic rings. The Labute approximate surface area is 123 Å². The number of amides is 1. The lowest BCUT2D eigenvalue weighted by Gasteiger charge is -2.13. The lowest BCUT2D eigenvalue weighted by Crippen LogP contribution is -2.41. The van der Waals surface area contributed by atoms with E-state index >= 15 is 0 Å². The molecule has 20 heavy (non-hydrogen) atoms. The highest BCUT2D eigenvalue weighted by molar-refractivity contribution is 9.10. The van der Waals surface area contributed by atoms with Gasteiger partial charge in [0, 0.05) is 12.6 Å². The summed E-state index contributed by atoms with van der Waals surface area (Å²) in [5.74, 6) is -2.31. The van der Waals surface area contributed by atoms with Crippen molar-refractivity contribution in [3.05, 3.63) is 28.5 Å². The van der Waals surface area contributed by atoms with Crippen molar-refractivity contribution in [3.63, 3.8) is 0 Å². The number of carbonyl (C=O) groups excluding carboxylic acids is 2. The molecule has 0 spiro atoms. The van der Waals surface area contributed by atoms with Crippen molar-refractivity contribution >= 4 is 33.8 Å². The fourth-order valence-electron chi connectivity index (χ4n) is 1.37. The number of pyridine rings is 1. The Morgan fingerprint density at radius 1 is 1.45 bits per heavy atom. The van der Waals surface area contributed by atoms with Gasteiger partial charge in [0.05, 0.1) is 12.7 Å². The number of rotatable bonds is 6. The van der Waals surface area contributed by atoms with Gasteiger partial charge in [-0.3, -0.25) is 9.59 Å². The van der Waals surface area contributed by atoms with Crippen LogP contribution in [0.1, 0.15) is 23.2 Å². The van der Waals surface area contributed by atoms with E-state index < -0.39 is 23.9 Å². The highest BCUT2D eigenvalue weighted by Crippen LogP contribution is 2.07. The highest BCUT2D eigenvalue weighted by Gasteiger charge is 2.21. The second-order valence-corrected chi connectivity index (χ2v) is 4.66. The fourth-order valence-corrected chi connectivity index (χ4v) is 1.61. The first-order valence-corrected chi connectivity index (χ1v) is 6.45. The summed E-state index contributed by atoms with van der Waals surface area (Å²) >= 11 is 3.13. The topological polar surface area (TPSA) is 106 Å². The van der Waals surface area contributed by atoms with Gasteiger partial charge >= 0.3 is 11.9 Å². The van der Waals surface area contributed by atoms with Crippen molar-refractivity contribution in [2.24, 2.45) is 0 Å². The van der Waals surface area contributed by atoms with Gasteiger partial charge in [-0.1, -0.05) is 0 Å². The summed E-state index contributed by atoms with van der Waals surface area (Å²) in [5, 5.41) is 11.3. The first-order chi connectivity index (χ1) is 9.43. The molecule has 0 radical (unpaired) electrons. The zero-order chi connectivity index (χ0) is 15.1. The number of carbonyl (C=O) groups is 3. The Balaban J connectivity index is 2.65. The molecule has 0 aliphatic carbocycles. The summed E-state index contributed by atoms with van der Waals surface area (Å²) < 4.78 is 4.99. The van der Waals surface area contributed by atoms with E-state index in [0.29, 0.717) is 4.60 Å². The number of hydrogen-bond donors (Lipinski definition) is 2. The van der Waals surface area contributed by atoms with Gasteiger partial charge in [-0.25, -0.2) is 9.78 Å². The Hall–Kier alpha value is -1.96. The second-order valence-electron chi connectivity index (χ2n) is 3.85. The number of nitrogens with zero attached hydrogens (tertiary/aromatic N) is 1. The molecule has 8 heteroatoms. The van der Waals surface area contributed by atoms with Gasteiger partial charge in [-0.15, -0.1) is 0 Å². The van der Waals surface area contributed by atoms with Crippen LogP contribution in [-0.2, 0) is 14.3 Å². The smallest absolute Gasteiger partial charge is 0.326 e. The van der Waals surface area contributed by atoms with Crippen molar-refractivity contribution in [2.75, 3.05) is 7.11 Å². The van der Waals surface area contributed by atoms with Crippen LogP contribution in [-0.4, -0.2) is 41.1 Å². The SMILES string of the molecule is COC(=O)CC[C@H](NC(=O)c1ccc(Br)nc1)C(=O)O. The number of ether oxygens (including phenoxy) is 1. The molecule has 0 aromatic carbocycles. The number of nitrogens with one attached hydrogen (secondary N) is 1. The summed E-state index contributed by atoms with van der Waals surface area (Å²) in [4.78, 5) is 37.7. The van der Waals surface area contributed by atoms with E-state index in [9.17, 15) is 14.4 Å². The van der Waals surface area contributed by atoms with Gasteiger partial charge in [0.25, 0.3) is 5.91 Å². The summed E-state index contributed by atoms with van der Waals surface area (Å²) in [5.41, 5.74) is 0.234. The van der Waals surface area contributed by atoms with Crippen molar-refractivity contribution in [1.29, 1.82) is 0 Å². The maximum atomic E-state index is 11.8. The van der Waals surface area contributed by atoms with Crippen LogP contribution in [0.2, 0.25) is 0 Å². The summed E-state index contributed by atoms with van der Waals surface area (Å²) in [7, 11) is 1.21. The number of methoxy groups -OCH3 is 1. The Bertz CT molecular complexity index is 503. The number of aliphatic carboxylic acids is 1. The maximum absolute atomic E-state index is 11.8. The van der Waals surface area contributed by atoms with E-state index in [1.165, 1.54) is 19.4 Å². The quantitative estimate of drug-likeness (QED) is 0.588. The lowest BCUT2D eigenvalue weighted by atomic mass is 10.1. The van der Waals surface area contributed by atoms with Crippen LogP contribution in [0.3, 0.4) is 0 Å². The third kappa shape index (κ3) is 4.96. The monoisotopic (exact) mass is 344 g/mol. The first-order valence-electron chi connectivity index (χ1n) is 5.66. The molecule has 7 nitrogen and oxygen atoms in total. The molecule has 1 aromatic heterocycles. The predicted molar refractivity (Wildman–Crippen MR) is 72.1 cm³/mol. The number of carboxylic acids is 1. The van der Waals surface area contributed by atoms with Crippen molar-refractivity contribution < 1.29 is 24.2 Å². The lowest BCUT2D eigenvalue weighted by molar-refractivity contribution is -0.142. The number of aromatic nitrogens is 1. The van der Waals surface area contributed by atoms with Crippen LogP contribution in [0.5, 0.6) is 0 Å². The Morgan fingerprint density at radius 3 is 2.65 bits per heavy atom. The number of hydrogen-bond acceptors (Lipinski definition) is 5. The number of esters is 1. The standard InChI is InChI=1S/C12H13BrN2O5/c1-20-10(16)5-3-8(12(18)19)15-11(17)7-2-4-9(13)14-6-7/h2,4,6,8H,3,5H2,1H3,(H,15,17)(H,18,19)/t8-/m0/s1. The minimum Gasteiger partial charge on any atom is -0.480 e. The molecule has 2 N–H and O–H groups in total. The van der Waals surface area contributed by atoms with Crippen molar-refractivity contribution in [3.8, 4) is 0 Å². The van der Waals surface area contributed by atoms with Gasteiger partial charge in [-0.05, 0) is 34.5 Å². The average molecular weight is 345 g/mol. The second kappa shape index (κ2) is 7.59. The molecule has 1 amide bonds. The molecule has 1 atom stereocenters. The molecule has 1 heterocycles. The molecule has 0 aliphatic heterocycles. The maximum Gasteiger partial charge on any atom is 0.326 e. The van der Waals surface area contributed by atoms with Crippen LogP contribution in [0, 0.1) is 0 Å². The molecule has 0 aliphatic rings. The molecule has 0 saturated carbocycles. The van der Waals surface area contributed by atoms with Crippen LogP contribution >= 0.6 is 15.9 Å². The van der Waals surface area contributed by atoms with Crippen LogP contribution in [0.4, 0.5) is 0 Å². The minimum atomic E-state index is -1.22. The van der Waals surface area contributed by atoms with Crippen LogP contribution in [0.15, 0.2) is 22.9 Å². The zero-order valence-electron chi connectivity index (χ0n) is 10.6. The van der Waals surface area contributed by atoms with Crippen LogP contribution in [0.25, 0.3) is 0 Å². The molecular weight excluding hydrogens is 332 g/mol. The van der Waals surface area contributed by atoms with E-state index in [1.54, 1.807) is 6.07 Å². The van der Waals surface area contributed by atoms with Gasteiger partial charge in [0.15, 0.2) is 0 Å². The fraction of sp³-hybridized carbons (Fsp3) is 0.333. The summed E-state index contributed by atoms with van der Waals surface area (Å²) in [6.45, 7) is 0. The van der Waals surface area contributed by atoms with Crippen LogP contribution < -0.4 is 5.32 Å². The largest absolute Gasteiger partial charge is 0.480 e. The number of carboxylic acid groups (broad SMARTS) is 1. The molecule has 0 bridgehead atoms. The predicted octanol–water partition coefficient (Wildman–Crippen LogP) is 0.980. The minimum absolute atomic E-state index is 0.0439. The molecule has 108 valence electrons. The Kier molecular flexibility index (Phi) is 6.10.